The van der Waals surface area contributed by atoms with Crippen molar-refractivity contribution in [3.05, 3.63) is 0 Å². The van der Waals surface area contributed by atoms with Crippen LogP contribution in [-0.4, -0.2) is 0 Å². The van der Waals surface area contributed by atoms with E-state index in [1.807, 2.05) is 0 Å². The SMILES string of the molecule is CCC(C)CCC(C)(C)CCCCC(C)C. The van der Waals surface area contributed by atoms with Crippen molar-refractivity contribution in [1.29, 1.82) is 0 Å². The van der Waals surface area contributed by atoms with Crippen LogP contribution < -0.4 is 0 Å². The maximum atomic E-state index is 2.45. The van der Waals surface area contributed by atoms with Crippen LogP contribution in [0.5, 0.6) is 0 Å². The first-order valence-corrected chi connectivity index (χ1v) is 7.37. The Labute approximate surface area is 104 Å². The lowest BCUT2D eigenvalue weighted by molar-refractivity contribution is 0.264. The highest BCUT2D eigenvalue weighted by atomic mass is 14.2. The normalized spacial score (nSPS) is 14.4. The summed E-state index contributed by atoms with van der Waals surface area (Å²) in [6.45, 7) is 14.2. The summed E-state index contributed by atoms with van der Waals surface area (Å²) in [5.74, 6) is 1.79. The van der Waals surface area contributed by atoms with Gasteiger partial charge in [-0.05, 0) is 30.1 Å². The van der Waals surface area contributed by atoms with Gasteiger partial charge in [-0.15, -0.1) is 0 Å². The second-order valence-electron chi connectivity index (χ2n) is 6.86. The summed E-state index contributed by atoms with van der Waals surface area (Å²) < 4.78 is 0. The molecule has 0 saturated heterocycles. The van der Waals surface area contributed by atoms with Gasteiger partial charge in [0.1, 0.15) is 0 Å². The number of rotatable bonds is 9. The molecule has 0 aromatic heterocycles. The molecule has 16 heavy (non-hydrogen) atoms. The Bertz CT molecular complexity index is 155. The van der Waals surface area contributed by atoms with E-state index in [0.717, 1.165) is 11.8 Å². The fraction of sp³-hybridized carbons (Fsp3) is 1.00. The van der Waals surface area contributed by atoms with Crippen LogP contribution in [0.15, 0.2) is 0 Å². The Balaban J connectivity index is 3.61. The lowest BCUT2D eigenvalue weighted by atomic mass is 9.80. The van der Waals surface area contributed by atoms with Crippen molar-refractivity contribution < 1.29 is 0 Å². The Morgan fingerprint density at radius 2 is 1.50 bits per heavy atom. The van der Waals surface area contributed by atoms with Gasteiger partial charge in [0, 0.05) is 0 Å². The van der Waals surface area contributed by atoms with Crippen LogP contribution in [0.1, 0.15) is 86.5 Å². The molecule has 0 aromatic rings. The van der Waals surface area contributed by atoms with Gasteiger partial charge in [0.2, 0.25) is 0 Å². The Morgan fingerprint density at radius 3 is 2.00 bits per heavy atom. The van der Waals surface area contributed by atoms with Gasteiger partial charge < -0.3 is 0 Å². The highest BCUT2D eigenvalue weighted by Gasteiger charge is 2.17. The molecule has 0 amide bonds. The van der Waals surface area contributed by atoms with E-state index < -0.39 is 0 Å². The maximum absolute atomic E-state index is 2.45. The average molecular weight is 226 g/mol. The summed E-state index contributed by atoms with van der Waals surface area (Å²) in [7, 11) is 0. The van der Waals surface area contributed by atoms with Gasteiger partial charge in [-0.25, -0.2) is 0 Å². The molecule has 0 bridgehead atoms. The van der Waals surface area contributed by atoms with Crippen molar-refractivity contribution in [2.45, 2.75) is 86.5 Å². The van der Waals surface area contributed by atoms with E-state index in [0.29, 0.717) is 5.41 Å². The second-order valence-corrected chi connectivity index (χ2v) is 6.86. The molecule has 0 heterocycles. The van der Waals surface area contributed by atoms with Crippen LogP contribution in [-0.2, 0) is 0 Å². The van der Waals surface area contributed by atoms with Crippen LogP contribution in [0.25, 0.3) is 0 Å². The summed E-state index contributed by atoms with van der Waals surface area (Å²) in [4.78, 5) is 0. The van der Waals surface area contributed by atoms with Gasteiger partial charge in [-0.3, -0.25) is 0 Å². The lowest BCUT2D eigenvalue weighted by Crippen LogP contribution is -2.13. The van der Waals surface area contributed by atoms with Crippen molar-refractivity contribution in [2.24, 2.45) is 17.3 Å². The van der Waals surface area contributed by atoms with E-state index in [1.54, 1.807) is 0 Å². The molecule has 0 fully saturated rings. The van der Waals surface area contributed by atoms with Crippen molar-refractivity contribution >= 4 is 0 Å². The van der Waals surface area contributed by atoms with E-state index in [9.17, 15) is 0 Å². The molecule has 0 saturated carbocycles. The zero-order valence-electron chi connectivity index (χ0n) is 12.6. The molecule has 0 aliphatic carbocycles. The fourth-order valence-electron chi connectivity index (χ4n) is 2.12. The molecule has 0 heteroatoms. The molecule has 0 aliphatic heterocycles. The molecule has 0 N–H and O–H groups in total. The van der Waals surface area contributed by atoms with Crippen molar-refractivity contribution in [3.8, 4) is 0 Å². The standard InChI is InChI=1S/C16H34/c1-7-15(4)11-13-16(5,6)12-9-8-10-14(2)3/h14-15H,7-13H2,1-6H3. The minimum absolute atomic E-state index is 0.570. The minimum Gasteiger partial charge on any atom is -0.0651 e. The summed E-state index contributed by atoms with van der Waals surface area (Å²) in [5, 5.41) is 0. The minimum atomic E-state index is 0.570. The lowest BCUT2D eigenvalue weighted by Gasteiger charge is -2.26. The summed E-state index contributed by atoms with van der Waals surface area (Å²) in [6, 6.07) is 0. The van der Waals surface area contributed by atoms with E-state index in [2.05, 4.69) is 41.5 Å². The average Bonchev–Trinajstić information content (AvgIpc) is 2.21. The molecule has 0 rings (SSSR count). The third kappa shape index (κ3) is 9.24. The highest BCUT2D eigenvalue weighted by molar-refractivity contribution is 4.70. The maximum Gasteiger partial charge on any atom is -0.0354 e. The Hall–Kier alpha value is 0. The van der Waals surface area contributed by atoms with Gasteiger partial charge in [0.05, 0.1) is 0 Å². The van der Waals surface area contributed by atoms with Crippen LogP contribution in [0.4, 0.5) is 0 Å². The fourth-order valence-corrected chi connectivity index (χ4v) is 2.12. The second kappa shape index (κ2) is 8.14. The Morgan fingerprint density at radius 1 is 0.875 bits per heavy atom. The van der Waals surface area contributed by atoms with Gasteiger partial charge in [-0.2, -0.15) is 0 Å². The van der Waals surface area contributed by atoms with E-state index in [1.165, 1.54) is 44.9 Å². The summed E-state index contributed by atoms with van der Waals surface area (Å²) in [5.41, 5.74) is 0.570. The molecule has 1 atom stereocenters. The highest BCUT2D eigenvalue weighted by Crippen LogP contribution is 2.31. The molecule has 1 unspecified atom stereocenters. The largest absolute Gasteiger partial charge is 0.0651 e. The van der Waals surface area contributed by atoms with E-state index in [-0.39, 0.29) is 0 Å². The smallest absolute Gasteiger partial charge is 0.0354 e. The molecule has 0 radical (unpaired) electrons. The van der Waals surface area contributed by atoms with Gasteiger partial charge >= 0.3 is 0 Å². The van der Waals surface area contributed by atoms with E-state index in [4.69, 9.17) is 0 Å². The number of unbranched alkanes of at least 4 members (excludes halogenated alkanes) is 1. The first kappa shape index (κ1) is 16.0. The van der Waals surface area contributed by atoms with Crippen LogP contribution in [0.2, 0.25) is 0 Å². The predicted octanol–water partition coefficient (Wildman–Crippen LogP) is 6.06. The van der Waals surface area contributed by atoms with E-state index >= 15 is 0 Å². The number of hydrogen-bond acceptors (Lipinski definition) is 0. The first-order chi connectivity index (χ1) is 7.37. The van der Waals surface area contributed by atoms with Crippen molar-refractivity contribution in [3.63, 3.8) is 0 Å². The number of hydrogen-bond donors (Lipinski definition) is 0. The van der Waals surface area contributed by atoms with Crippen molar-refractivity contribution in [1.82, 2.24) is 0 Å². The third-order valence-electron chi connectivity index (χ3n) is 3.90. The van der Waals surface area contributed by atoms with Crippen LogP contribution in [0.3, 0.4) is 0 Å². The third-order valence-corrected chi connectivity index (χ3v) is 3.90. The van der Waals surface area contributed by atoms with Gasteiger partial charge in [0.15, 0.2) is 0 Å². The van der Waals surface area contributed by atoms with Crippen LogP contribution >= 0.6 is 0 Å². The zero-order chi connectivity index (χ0) is 12.6. The summed E-state index contributed by atoms with van der Waals surface area (Å²) >= 11 is 0. The Kier molecular flexibility index (Phi) is 8.14. The molecule has 98 valence electrons. The zero-order valence-corrected chi connectivity index (χ0v) is 12.6. The topological polar surface area (TPSA) is 0 Å². The molecular weight excluding hydrogens is 192 g/mol. The summed E-state index contributed by atoms with van der Waals surface area (Å²) in [6.07, 6.45) is 9.81. The molecule has 0 aliphatic rings. The van der Waals surface area contributed by atoms with Crippen LogP contribution in [0, 0.1) is 17.3 Å². The molecular formula is C16H34. The van der Waals surface area contributed by atoms with Gasteiger partial charge in [-0.1, -0.05) is 73.6 Å². The van der Waals surface area contributed by atoms with Crippen molar-refractivity contribution in [2.75, 3.05) is 0 Å². The quantitative estimate of drug-likeness (QED) is 0.419. The molecule has 0 nitrogen and oxygen atoms in total. The first-order valence-electron chi connectivity index (χ1n) is 7.37. The molecule has 0 aromatic carbocycles. The van der Waals surface area contributed by atoms with Gasteiger partial charge in [0.25, 0.3) is 0 Å². The molecule has 0 spiro atoms. The predicted molar refractivity (Wildman–Crippen MR) is 75.8 cm³/mol. The monoisotopic (exact) mass is 226 g/mol.